The summed E-state index contributed by atoms with van der Waals surface area (Å²) in [6.07, 6.45) is 1.71. The summed E-state index contributed by atoms with van der Waals surface area (Å²) in [6.45, 7) is 6.36. The Morgan fingerprint density at radius 2 is 1.78 bits per heavy atom. The van der Waals surface area contributed by atoms with Crippen LogP contribution in [-0.2, 0) is 0 Å². The van der Waals surface area contributed by atoms with E-state index in [1.165, 1.54) is 11.3 Å². The van der Waals surface area contributed by atoms with Gasteiger partial charge in [0.2, 0.25) is 0 Å². The van der Waals surface area contributed by atoms with Crippen molar-refractivity contribution >= 4 is 5.69 Å². The van der Waals surface area contributed by atoms with Crippen LogP contribution in [0.15, 0.2) is 24.3 Å². The van der Waals surface area contributed by atoms with E-state index in [-0.39, 0.29) is 12.1 Å². The van der Waals surface area contributed by atoms with Crippen LogP contribution in [0.5, 0.6) is 0 Å². The number of hydrogen-bond donors (Lipinski definition) is 2. The summed E-state index contributed by atoms with van der Waals surface area (Å²) in [5, 5.41) is 9.26. The highest BCUT2D eigenvalue weighted by Crippen LogP contribution is 2.26. The first-order valence-corrected chi connectivity index (χ1v) is 6.79. The van der Waals surface area contributed by atoms with Crippen LogP contribution in [-0.4, -0.2) is 30.3 Å². The molecule has 0 saturated carbocycles. The molecule has 0 bridgehead atoms. The van der Waals surface area contributed by atoms with Gasteiger partial charge in [0.15, 0.2) is 0 Å². The van der Waals surface area contributed by atoms with Crippen LogP contribution < -0.4 is 10.6 Å². The van der Waals surface area contributed by atoms with Gasteiger partial charge in [-0.2, -0.15) is 0 Å². The molecule has 1 saturated heterocycles. The molecule has 3 N–H and O–H groups in total. The monoisotopic (exact) mass is 248 g/mol. The van der Waals surface area contributed by atoms with Crippen molar-refractivity contribution in [1.29, 1.82) is 0 Å². The number of aliphatic hydroxyl groups is 1. The molecular formula is C15H24N2O. The average Bonchev–Trinajstić information content (AvgIpc) is 2.40. The Kier molecular flexibility index (Phi) is 3.93. The molecule has 0 atom stereocenters. The fourth-order valence-corrected chi connectivity index (χ4v) is 2.44. The van der Waals surface area contributed by atoms with E-state index in [4.69, 9.17) is 5.73 Å². The van der Waals surface area contributed by atoms with E-state index in [0.29, 0.717) is 5.92 Å². The molecular weight excluding hydrogens is 224 g/mol. The number of hydrogen-bond acceptors (Lipinski definition) is 3. The first-order chi connectivity index (χ1) is 8.54. The van der Waals surface area contributed by atoms with Gasteiger partial charge in [0.1, 0.15) is 0 Å². The Labute approximate surface area is 110 Å². The van der Waals surface area contributed by atoms with Gasteiger partial charge in [0, 0.05) is 24.3 Å². The van der Waals surface area contributed by atoms with Crippen molar-refractivity contribution in [2.75, 3.05) is 24.6 Å². The highest BCUT2D eigenvalue weighted by Gasteiger charge is 2.29. The van der Waals surface area contributed by atoms with E-state index in [9.17, 15) is 5.11 Å². The Bertz CT molecular complexity index is 378. The topological polar surface area (TPSA) is 49.5 Å². The minimum Gasteiger partial charge on any atom is -0.394 e. The average molecular weight is 248 g/mol. The standard InChI is InChI=1S/C15H24N2O/c1-12(2)13-3-5-14(6-4-13)17-9-7-15(16,11-18)8-10-17/h3-6,12,18H,7-11,16H2,1-2H3. The quantitative estimate of drug-likeness (QED) is 0.861. The molecule has 3 nitrogen and oxygen atoms in total. The summed E-state index contributed by atoms with van der Waals surface area (Å²) < 4.78 is 0. The molecule has 0 aromatic heterocycles. The predicted molar refractivity (Wildman–Crippen MR) is 76.0 cm³/mol. The normalized spacial score (nSPS) is 19.3. The molecule has 1 fully saturated rings. The molecule has 0 radical (unpaired) electrons. The maximum atomic E-state index is 9.26. The second-order valence-electron chi connectivity index (χ2n) is 5.75. The molecule has 1 aliphatic heterocycles. The lowest BCUT2D eigenvalue weighted by Gasteiger charge is -2.39. The van der Waals surface area contributed by atoms with Crippen molar-refractivity contribution in [3.8, 4) is 0 Å². The van der Waals surface area contributed by atoms with E-state index in [1.807, 2.05) is 0 Å². The van der Waals surface area contributed by atoms with Gasteiger partial charge >= 0.3 is 0 Å². The van der Waals surface area contributed by atoms with Crippen molar-refractivity contribution in [2.45, 2.75) is 38.1 Å². The lowest BCUT2D eigenvalue weighted by atomic mass is 9.89. The smallest absolute Gasteiger partial charge is 0.0612 e. The largest absolute Gasteiger partial charge is 0.394 e. The van der Waals surface area contributed by atoms with Crippen LogP contribution in [0.4, 0.5) is 5.69 Å². The summed E-state index contributed by atoms with van der Waals surface area (Å²) in [5.74, 6) is 0.575. The molecule has 0 aliphatic carbocycles. The molecule has 100 valence electrons. The lowest BCUT2D eigenvalue weighted by molar-refractivity contribution is 0.170. The highest BCUT2D eigenvalue weighted by molar-refractivity contribution is 5.48. The van der Waals surface area contributed by atoms with Crippen LogP contribution in [0.3, 0.4) is 0 Å². The molecule has 1 heterocycles. The molecule has 18 heavy (non-hydrogen) atoms. The van der Waals surface area contributed by atoms with E-state index >= 15 is 0 Å². The van der Waals surface area contributed by atoms with Gasteiger partial charge in [-0.05, 0) is 36.5 Å². The fourth-order valence-electron chi connectivity index (χ4n) is 2.44. The third kappa shape index (κ3) is 2.85. The first kappa shape index (κ1) is 13.4. The van der Waals surface area contributed by atoms with Crippen molar-refractivity contribution in [1.82, 2.24) is 0 Å². The minimum absolute atomic E-state index is 0.0904. The molecule has 0 unspecified atom stereocenters. The first-order valence-electron chi connectivity index (χ1n) is 6.79. The van der Waals surface area contributed by atoms with E-state index in [2.05, 4.69) is 43.0 Å². The summed E-state index contributed by atoms with van der Waals surface area (Å²) in [6, 6.07) is 8.79. The number of nitrogens with two attached hydrogens (primary N) is 1. The van der Waals surface area contributed by atoms with Gasteiger partial charge in [-0.1, -0.05) is 26.0 Å². The Hall–Kier alpha value is -1.06. The lowest BCUT2D eigenvalue weighted by Crippen LogP contribution is -2.52. The van der Waals surface area contributed by atoms with E-state index < -0.39 is 0 Å². The Morgan fingerprint density at radius 3 is 2.22 bits per heavy atom. The van der Waals surface area contributed by atoms with E-state index in [0.717, 1.165) is 25.9 Å². The molecule has 0 amide bonds. The van der Waals surface area contributed by atoms with Crippen molar-refractivity contribution in [3.63, 3.8) is 0 Å². The number of benzene rings is 1. The number of aliphatic hydroxyl groups excluding tert-OH is 1. The maximum Gasteiger partial charge on any atom is 0.0612 e. The van der Waals surface area contributed by atoms with Crippen LogP contribution in [0, 0.1) is 0 Å². The van der Waals surface area contributed by atoms with Crippen LogP contribution in [0.25, 0.3) is 0 Å². The van der Waals surface area contributed by atoms with Gasteiger partial charge in [0.05, 0.1) is 6.61 Å². The molecule has 2 rings (SSSR count). The van der Waals surface area contributed by atoms with Crippen molar-refractivity contribution < 1.29 is 5.11 Å². The number of nitrogens with zero attached hydrogens (tertiary/aromatic N) is 1. The van der Waals surface area contributed by atoms with Crippen LogP contribution >= 0.6 is 0 Å². The SMILES string of the molecule is CC(C)c1ccc(N2CCC(N)(CO)CC2)cc1. The zero-order valence-corrected chi connectivity index (χ0v) is 11.4. The summed E-state index contributed by atoms with van der Waals surface area (Å²) in [4.78, 5) is 2.35. The third-order valence-corrected chi connectivity index (χ3v) is 4.00. The molecule has 1 aromatic rings. The third-order valence-electron chi connectivity index (χ3n) is 4.00. The van der Waals surface area contributed by atoms with Gasteiger partial charge < -0.3 is 15.7 Å². The van der Waals surface area contributed by atoms with E-state index in [1.54, 1.807) is 0 Å². The van der Waals surface area contributed by atoms with Crippen LogP contribution in [0.2, 0.25) is 0 Å². The number of rotatable bonds is 3. The maximum absolute atomic E-state index is 9.26. The van der Waals surface area contributed by atoms with Gasteiger partial charge in [-0.25, -0.2) is 0 Å². The molecule has 1 aliphatic rings. The fraction of sp³-hybridized carbons (Fsp3) is 0.600. The molecule has 0 spiro atoms. The predicted octanol–water partition coefficient (Wildman–Crippen LogP) is 2.10. The number of anilines is 1. The summed E-state index contributed by atoms with van der Waals surface area (Å²) in [5.41, 5.74) is 8.36. The zero-order chi connectivity index (χ0) is 13.2. The molecule has 1 aromatic carbocycles. The van der Waals surface area contributed by atoms with Crippen molar-refractivity contribution in [3.05, 3.63) is 29.8 Å². The molecule has 3 heteroatoms. The van der Waals surface area contributed by atoms with Gasteiger partial charge in [-0.15, -0.1) is 0 Å². The Morgan fingerprint density at radius 1 is 1.22 bits per heavy atom. The second-order valence-corrected chi connectivity index (χ2v) is 5.75. The van der Waals surface area contributed by atoms with Crippen LogP contribution in [0.1, 0.15) is 38.2 Å². The zero-order valence-electron chi connectivity index (χ0n) is 11.4. The highest BCUT2D eigenvalue weighted by atomic mass is 16.3. The van der Waals surface area contributed by atoms with Gasteiger partial charge in [-0.3, -0.25) is 0 Å². The Balaban J connectivity index is 2.01. The minimum atomic E-state index is -0.367. The summed E-state index contributed by atoms with van der Waals surface area (Å²) >= 11 is 0. The second kappa shape index (κ2) is 5.29. The van der Waals surface area contributed by atoms with Gasteiger partial charge in [0.25, 0.3) is 0 Å². The number of piperidine rings is 1. The van der Waals surface area contributed by atoms with Crippen molar-refractivity contribution in [2.24, 2.45) is 5.73 Å². The summed E-state index contributed by atoms with van der Waals surface area (Å²) in [7, 11) is 0.